The number of hydrazone groups is 1. The molecule has 2 aromatic heterocycles. The van der Waals surface area contributed by atoms with Gasteiger partial charge in [0.05, 0.1) is 16.3 Å². The topological polar surface area (TPSA) is 180 Å². The van der Waals surface area contributed by atoms with Crippen molar-refractivity contribution in [2.45, 2.75) is 13.8 Å². The van der Waals surface area contributed by atoms with E-state index >= 15 is 0 Å². The summed E-state index contributed by atoms with van der Waals surface area (Å²) in [5, 5.41) is 29.4. The molecule has 0 atom stereocenters. The van der Waals surface area contributed by atoms with Crippen molar-refractivity contribution in [3.05, 3.63) is 51.3 Å². The molecule has 1 amide bonds. The molecule has 0 unspecified atom stereocenters. The number of benzene rings is 1. The Hall–Kier alpha value is -4.16. The fraction of sp³-hybridized carbons (Fsp3) is 0.143. The predicted octanol–water partition coefficient (Wildman–Crippen LogP) is 0.603. The first-order chi connectivity index (χ1) is 12.9. The van der Waals surface area contributed by atoms with Gasteiger partial charge in [0, 0.05) is 17.7 Å². The monoisotopic (exact) mass is 371 g/mol. The first-order valence-electron chi connectivity index (χ1n) is 7.48. The summed E-state index contributed by atoms with van der Waals surface area (Å²) < 4.78 is 5.70. The van der Waals surface area contributed by atoms with Crippen molar-refractivity contribution in [1.82, 2.24) is 30.7 Å². The quantitative estimate of drug-likeness (QED) is 0.369. The van der Waals surface area contributed by atoms with E-state index in [1.807, 2.05) is 0 Å². The second-order valence-electron chi connectivity index (χ2n) is 5.35. The molecule has 0 saturated heterocycles. The first kappa shape index (κ1) is 17.7. The van der Waals surface area contributed by atoms with Crippen molar-refractivity contribution in [2.75, 3.05) is 5.73 Å². The van der Waals surface area contributed by atoms with Crippen LogP contribution in [0.15, 0.2) is 34.0 Å². The number of aromatic nitrogens is 5. The summed E-state index contributed by atoms with van der Waals surface area (Å²) in [6.45, 7) is 3.19. The van der Waals surface area contributed by atoms with Gasteiger partial charge >= 0.3 is 0 Å². The molecule has 138 valence electrons. The van der Waals surface area contributed by atoms with Gasteiger partial charge in [-0.1, -0.05) is 17.3 Å². The molecule has 0 radical (unpaired) electrons. The van der Waals surface area contributed by atoms with E-state index in [4.69, 9.17) is 5.73 Å². The number of hydrogen-bond donors (Lipinski definition) is 2. The van der Waals surface area contributed by atoms with E-state index in [-0.39, 0.29) is 23.0 Å². The lowest BCUT2D eigenvalue weighted by atomic mass is 10.1. The third-order valence-corrected chi connectivity index (χ3v) is 3.61. The molecule has 2 heterocycles. The molecule has 13 heteroatoms. The third-order valence-electron chi connectivity index (χ3n) is 3.61. The van der Waals surface area contributed by atoms with Gasteiger partial charge in [-0.25, -0.2) is 10.1 Å². The molecule has 0 spiro atoms. The first-order valence-corrected chi connectivity index (χ1v) is 7.48. The number of nitrogens with two attached hydrogens (primary N) is 1. The molecule has 0 fully saturated rings. The Morgan fingerprint density at radius 2 is 2.19 bits per heavy atom. The van der Waals surface area contributed by atoms with E-state index in [9.17, 15) is 14.9 Å². The van der Waals surface area contributed by atoms with E-state index in [0.717, 1.165) is 0 Å². The van der Waals surface area contributed by atoms with Gasteiger partial charge in [-0.2, -0.15) is 9.78 Å². The number of nitrogens with one attached hydrogen (secondary N) is 1. The van der Waals surface area contributed by atoms with Crippen molar-refractivity contribution in [2.24, 2.45) is 5.10 Å². The van der Waals surface area contributed by atoms with Crippen LogP contribution in [0, 0.1) is 17.0 Å². The van der Waals surface area contributed by atoms with Gasteiger partial charge in [-0.15, -0.1) is 5.10 Å². The number of hydrogen-bond acceptors (Lipinski definition) is 10. The van der Waals surface area contributed by atoms with Crippen molar-refractivity contribution in [1.29, 1.82) is 0 Å². The minimum absolute atomic E-state index is 0.00510. The number of carbonyl (C=O) groups is 1. The van der Waals surface area contributed by atoms with Crippen LogP contribution in [0.5, 0.6) is 0 Å². The number of nitrogen functional groups attached to an aromatic ring is 1. The second kappa shape index (κ2) is 6.99. The highest BCUT2D eigenvalue weighted by Gasteiger charge is 2.20. The molecule has 0 saturated carbocycles. The molecule has 3 aromatic rings. The van der Waals surface area contributed by atoms with Crippen LogP contribution in [0.2, 0.25) is 0 Å². The summed E-state index contributed by atoms with van der Waals surface area (Å²) in [5.41, 5.74) is 9.06. The lowest BCUT2D eigenvalue weighted by molar-refractivity contribution is -0.384. The Bertz CT molecular complexity index is 1050. The minimum Gasteiger partial charge on any atom is -0.378 e. The molecule has 1 aromatic carbocycles. The summed E-state index contributed by atoms with van der Waals surface area (Å²) in [4.78, 5) is 22.6. The number of nitro benzene ring substituents is 1. The smallest absolute Gasteiger partial charge is 0.293 e. The van der Waals surface area contributed by atoms with Crippen molar-refractivity contribution >= 4 is 23.1 Å². The number of non-ortho nitro benzene ring substituents is 1. The number of rotatable bonds is 5. The zero-order valence-electron chi connectivity index (χ0n) is 14.2. The largest absolute Gasteiger partial charge is 0.378 e. The SMILES string of the molecule is C/C(=N\NC(=O)c1nnn(-c2nonc2N)c1C)c1cccc([N+](=O)[O-])c1. The Kier molecular flexibility index (Phi) is 4.57. The average molecular weight is 371 g/mol. The lowest BCUT2D eigenvalue weighted by Crippen LogP contribution is -2.21. The van der Waals surface area contributed by atoms with Crippen LogP contribution in [0.3, 0.4) is 0 Å². The molecule has 0 aliphatic carbocycles. The lowest BCUT2D eigenvalue weighted by Gasteiger charge is -2.02. The maximum atomic E-state index is 12.3. The van der Waals surface area contributed by atoms with Crippen LogP contribution >= 0.6 is 0 Å². The van der Waals surface area contributed by atoms with E-state index < -0.39 is 10.8 Å². The number of anilines is 1. The minimum atomic E-state index is -0.626. The van der Waals surface area contributed by atoms with Gasteiger partial charge in [-0.05, 0) is 24.2 Å². The van der Waals surface area contributed by atoms with Gasteiger partial charge in [0.25, 0.3) is 11.6 Å². The molecule has 0 bridgehead atoms. The van der Waals surface area contributed by atoms with Gasteiger partial charge in [-0.3, -0.25) is 14.9 Å². The molecule has 0 aliphatic rings. The molecule has 3 rings (SSSR count). The fourth-order valence-corrected chi connectivity index (χ4v) is 2.17. The predicted molar refractivity (Wildman–Crippen MR) is 91.1 cm³/mol. The summed E-state index contributed by atoms with van der Waals surface area (Å²) in [6, 6.07) is 5.88. The Labute approximate surface area is 151 Å². The van der Waals surface area contributed by atoms with Gasteiger partial charge in [0.2, 0.25) is 11.6 Å². The van der Waals surface area contributed by atoms with E-state index in [0.29, 0.717) is 17.0 Å². The fourth-order valence-electron chi connectivity index (χ4n) is 2.17. The third kappa shape index (κ3) is 3.46. The molecule has 3 N–H and O–H groups in total. The van der Waals surface area contributed by atoms with Crippen molar-refractivity contribution < 1.29 is 14.3 Å². The zero-order valence-corrected chi connectivity index (χ0v) is 14.2. The molecular weight excluding hydrogens is 358 g/mol. The highest BCUT2D eigenvalue weighted by molar-refractivity contribution is 6.01. The van der Waals surface area contributed by atoms with Crippen LogP contribution in [-0.2, 0) is 0 Å². The Morgan fingerprint density at radius 1 is 1.41 bits per heavy atom. The normalized spacial score (nSPS) is 11.4. The van der Waals surface area contributed by atoms with Gasteiger partial charge in [0.1, 0.15) is 0 Å². The number of amides is 1. The van der Waals surface area contributed by atoms with E-state index in [1.54, 1.807) is 19.9 Å². The van der Waals surface area contributed by atoms with Crippen LogP contribution < -0.4 is 11.2 Å². The van der Waals surface area contributed by atoms with Crippen molar-refractivity contribution in [3.63, 3.8) is 0 Å². The standard InChI is InChI=1S/C14H13N9O4/c1-7(9-4-3-5-10(6-9)23(25)26)16-18-14(24)11-8(2)22(21-17-11)13-12(15)19-27-20-13/h3-6H,1-2H3,(H2,15,19)(H,18,24)/b16-7+. The number of nitro groups is 1. The Morgan fingerprint density at radius 3 is 2.85 bits per heavy atom. The van der Waals surface area contributed by atoms with Crippen LogP contribution in [0.1, 0.15) is 28.7 Å². The summed E-state index contributed by atoms with van der Waals surface area (Å²) >= 11 is 0. The maximum Gasteiger partial charge on any atom is 0.293 e. The van der Waals surface area contributed by atoms with Gasteiger partial charge in [0.15, 0.2) is 5.69 Å². The summed E-state index contributed by atoms with van der Waals surface area (Å²) in [6.07, 6.45) is 0. The average Bonchev–Trinajstić information content (AvgIpc) is 3.24. The number of nitrogens with zero attached hydrogens (tertiary/aromatic N) is 7. The molecule has 13 nitrogen and oxygen atoms in total. The van der Waals surface area contributed by atoms with Crippen LogP contribution in [-0.4, -0.2) is 41.8 Å². The van der Waals surface area contributed by atoms with Crippen LogP contribution in [0.25, 0.3) is 5.82 Å². The second-order valence-corrected chi connectivity index (χ2v) is 5.35. The summed E-state index contributed by atoms with van der Waals surface area (Å²) in [7, 11) is 0. The van der Waals surface area contributed by atoms with Crippen molar-refractivity contribution in [3.8, 4) is 5.82 Å². The van der Waals surface area contributed by atoms with E-state index in [2.05, 4.69) is 35.8 Å². The van der Waals surface area contributed by atoms with Gasteiger partial charge < -0.3 is 5.73 Å². The molecule has 0 aliphatic heterocycles. The highest BCUT2D eigenvalue weighted by Crippen LogP contribution is 2.15. The number of carbonyl (C=O) groups excluding carboxylic acids is 1. The summed E-state index contributed by atoms with van der Waals surface area (Å²) in [5.74, 6) is -0.525. The maximum absolute atomic E-state index is 12.3. The molecule has 27 heavy (non-hydrogen) atoms. The Balaban J connectivity index is 1.79. The van der Waals surface area contributed by atoms with E-state index in [1.165, 1.54) is 22.9 Å². The zero-order chi connectivity index (χ0) is 19.6. The highest BCUT2D eigenvalue weighted by atomic mass is 16.6. The molecular formula is C14H13N9O4. The van der Waals surface area contributed by atoms with Crippen LogP contribution in [0.4, 0.5) is 11.5 Å².